The monoisotopic (exact) mass is 328 g/mol. The van der Waals surface area contributed by atoms with E-state index in [0.29, 0.717) is 18.3 Å². The van der Waals surface area contributed by atoms with E-state index in [1.54, 1.807) is 0 Å². The maximum atomic E-state index is 11.2. The number of hydrogen-bond acceptors (Lipinski definition) is 3. The second kappa shape index (κ2) is 4.00. The summed E-state index contributed by atoms with van der Waals surface area (Å²) in [7, 11) is 0. The zero-order valence-corrected chi connectivity index (χ0v) is 15.4. The molecular formula is C11H15CsO3. The molecule has 0 aromatic heterocycles. The van der Waals surface area contributed by atoms with Crippen LogP contribution in [0.15, 0.2) is 0 Å². The molecule has 1 N–H and O–H groups in total. The van der Waals surface area contributed by atoms with Crippen LogP contribution in [0.3, 0.4) is 0 Å². The molecule has 0 aromatic carbocycles. The molecule has 0 amide bonds. The topological polar surface area (TPSA) is 60.4 Å². The molecule has 4 aliphatic carbocycles. The third kappa shape index (κ3) is 2.00. The molecule has 0 heterocycles. The summed E-state index contributed by atoms with van der Waals surface area (Å²) in [5.74, 6) is -0.0664. The Hall–Kier alpha value is 1.48. The third-order valence-electron chi connectivity index (χ3n) is 4.46. The van der Waals surface area contributed by atoms with Crippen LogP contribution in [-0.2, 0) is 4.79 Å². The summed E-state index contributed by atoms with van der Waals surface area (Å²) in [6, 6.07) is 0. The Bertz CT molecular complexity index is 288. The van der Waals surface area contributed by atoms with Crippen molar-refractivity contribution < 1.29 is 83.9 Å². The Morgan fingerprint density at radius 3 is 2.13 bits per heavy atom. The molecule has 2 unspecified atom stereocenters. The smallest absolute Gasteiger partial charge is 0.550 e. The van der Waals surface area contributed by atoms with Gasteiger partial charge in [-0.3, -0.25) is 0 Å². The van der Waals surface area contributed by atoms with Crippen LogP contribution < -0.4 is 74.0 Å². The first-order valence-electron chi connectivity index (χ1n) is 5.45. The van der Waals surface area contributed by atoms with Gasteiger partial charge in [0.25, 0.3) is 0 Å². The van der Waals surface area contributed by atoms with E-state index in [9.17, 15) is 15.0 Å². The standard InChI is InChI=1S/C11H16O3.Cs/c12-9(13)10-2-7-1-8(3-10)5-11(14,4-7)6-10;/h7-8,14H,1-6H2,(H,12,13);/q;+1/p-1. The Balaban J connectivity index is 0.000000853. The number of carbonyl (C=O) groups is 1. The van der Waals surface area contributed by atoms with Crippen molar-refractivity contribution >= 4 is 5.97 Å². The molecule has 0 radical (unpaired) electrons. The third-order valence-corrected chi connectivity index (χ3v) is 4.46. The summed E-state index contributed by atoms with van der Waals surface area (Å²) in [6.07, 6.45) is 4.69. The summed E-state index contributed by atoms with van der Waals surface area (Å²) in [5, 5.41) is 21.4. The minimum Gasteiger partial charge on any atom is -0.550 e. The number of rotatable bonds is 1. The van der Waals surface area contributed by atoms with Crippen molar-refractivity contribution in [2.24, 2.45) is 17.3 Å². The fourth-order valence-electron chi connectivity index (χ4n) is 4.45. The molecule has 0 aromatic rings. The van der Waals surface area contributed by atoms with E-state index in [2.05, 4.69) is 0 Å². The molecule has 4 rings (SSSR count). The van der Waals surface area contributed by atoms with Gasteiger partial charge in [-0.2, -0.15) is 0 Å². The first-order valence-corrected chi connectivity index (χ1v) is 5.45. The number of hydrogen-bond donors (Lipinski definition) is 1. The second-order valence-electron chi connectivity index (χ2n) is 5.75. The maximum absolute atomic E-state index is 11.2. The molecule has 0 spiro atoms. The molecule has 3 nitrogen and oxygen atoms in total. The first-order chi connectivity index (χ1) is 6.51. The predicted octanol–water partition coefficient (Wildman–Crippen LogP) is -2.93. The van der Waals surface area contributed by atoms with Gasteiger partial charge in [0.2, 0.25) is 0 Å². The van der Waals surface area contributed by atoms with Crippen LogP contribution in [-0.4, -0.2) is 16.7 Å². The number of aliphatic hydroxyl groups is 1. The molecule has 0 aliphatic heterocycles. The van der Waals surface area contributed by atoms with E-state index >= 15 is 0 Å². The van der Waals surface area contributed by atoms with Crippen LogP contribution in [0.2, 0.25) is 0 Å². The van der Waals surface area contributed by atoms with Crippen LogP contribution in [0.5, 0.6) is 0 Å². The minimum absolute atomic E-state index is 0. The normalized spacial score (nSPS) is 51.3. The summed E-state index contributed by atoms with van der Waals surface area (Å²) in [5.41, 5.74) is -1.36. The zero-order chi connectivity index (χ0) is 9.97. The van der Waals surface area contributed by atoms with Gasteiger partial charge in [-0.05, 0) is 50.4 Å². The van der Waals surface area contributed by atoms with Crippen molar-refractivity contribution in [2.75, 3.05) is 0 Å². The fourth-order valence-corrected chi connectivity index (χ4v) is 4.45. The Kier molecular flexibility index (Phi) is 3.45. The van der Waals surface area contributed by atoms with Gasteiger partial charge in [0, 0.05) is 11.4 Å². The zero-order valence-electron chi connectivity index (χ0n) is 9.16. The fraction of sp³-hybridized carbons (Fsp3) is 0.909. The molecule has 4 heteroatoms. The van der Waals surface area contributed by atoms with Crippen molar-refractivity contribution in [2.45, 2.75) is 44.1 Å². The van der Waals surface area contributed by atoms with Crippen molar-refractivity contribution in [3.05, 3.63) is 0 Å². The van der Waals surface area contributed by atoms with E-state index < -0.39 is 17.0 Å². The molecule has 15 heavy (non-hydrogen) atoms. The summed E-state index contributed by atoms with van der Waals surface area (Å²) < 4.78 is 0. The molecule has 4 fully saturated rings. The average Bonchev–Trinajstić information content (AvgIpc) is 1.98. The van der Waals surface area contributed by atoms with Crippen LogP contribution >= 0.6 is 0 Å². The molecule has 4 aliphatic rings. The van der Waals surface area contributed by atoms with Crippen molar-refractivity contribution in [1.29, 1.82) is 0 Å². The molecule has 4 saturated carbocycles. The van der Waals surface area contributed by atoms with Gasteiger partial charge in [-0.15, -0.1) is 0 Å². The summed E-state index contributed by atoms with van der Waals surface area (Å²) in [6.45, 7) is 0. The van der Waals surface area contributed by atoms with Crippen molar-refractivity contribution in [3.63, 3.8) is 0 Å². The van der Waals surface area contributed by atoms with Gasteiger partial charge >= 0.3 is 68.9 Å². The van der Waals surface area contributed by atoms with E-state index in [4.69, 9.17) is 0 Å². The molecular weight excluding hydrogens is 313 g/mol. The Morgan fingerprint density at radius 2 is 1.73 bits per heavy atom. The van der Waals surface area contributed by atoms with E-state index in [0.717, 1.165) is 32.1 Å². The van der Waals surface area contributed by atoms with Gasteiger partial charge in [-0.1, -0.05) is 0 Å². The Labute approximate surface area is 148 Å². The van der Waals surface area contributed by atoms with E-state index in [-0.39, 0.29) is 68.9 Å². The van der Waals surface area contributed by atoms with Crippen molar-refractivity contribution in [1.82, 2.24) is 0 Å². The van der Waals surface area contributed by atoms with Crippen LogP contribution in [0, 0.1) is 17.3 Å². The van der Waals surface area contributed by atoms with E-state index in [1.807, 2.05) is 0 Å². The summed E-state index contributed by atoms with van der Waals surface area (Å²) >= 11 is 0. The van der Waals surface area contributed by atoms with Crippen LogP contribution in [0.1, 0.15) is 38.5 Å². The Morgan fingerprint density at radius 1 is 1.20 bits per heavy atom. The maximum Gasteiger partial charge on any atom is 1.00 e. The molecule has 4 bridgehead atoms. The predicted molar refractivity (Wildman–Crippen MR) is 47.1 cm³/mol. The molecule has 0 saturated heterocycles. The first kappa shape index (κ1) is 12.9. The number of carbonyl (C=O) groups excluding carboxylic acids is 1. The second-order valence-corrected chi connectivity index (χ2v) is 5.75. The summed E-state index contributed by atoms with van der Waals surface area (Å²) in [4.78, 5) is 11.2. The number of aliphatic carboxylic acids is 1. The number of carboxylic acids is 1. The van der Waals surface area contributed by atoms with Gasteiger partial charge in [0.05, 0.1) is 5.60 Å². The van der Waals surface area contributed by atoms with Crippen LogP contribution in [0.4, 0.5) is 0 Å². The average molecular weight is 328 g/mol. The minimum atomic E-state index is -0.926. The van der Waals surface area contributed by atoms with Gasteiger partial charge in [0.1, 0.15) is 0 Å². The largest absolute Gasteiger partial charge is 1.00 e. The van der Waals surface area contributed by atoms with Crippen LogP contribution in [0.25, 0.3) is 0 Å². The number of carboxylic acid groups (broad SMARTS) is 1. The van der Waals surface area contributed by atoms with Gasteiger partial charge < -0.3 is 15.0 Å². The molecule has 78 valence electrons. The quantitative estimate of drug-likeness (QED) is 0.561. The SMILES string of the molecule is O=C([O-])C12CC3CC(CC(O)(C3)C1)C2.[Cs+]. The van der Waals surface area contributed by atoms with Gasteiger partial charge in [0.15, 0.2) is 0 Å². The van der Waals surface area contributed by atoms with Gasteiger partial charge in [-0.25, -0.2) is 0 Å². The molecule has 2 atom stereocenters. The van der Waals surface area contributed by atoms with E-state index in [1.165, 1.54) is 0 Å². The van der Waals surface area contributed by atoms with Crippen molar-refractivity contribution in [3.8, 4) is 0 Å².